The highest BCUT2D eigenvalue weighted by Gasteiger charge is 2.23. The Labute approximate surface area is 280 Å². The zero-order valence-corrected chi connectivity index (χ0v) is 26.4. The third-order valence-corrected chi connectivity index (χ3v) is 11.1. The van der Waals surface area contributed by atoms with Crippen molar-refractivity contribution in [1.82, 2.24) is 0 Å². The van der Waals surface area contributed by atoms with Gasteiger partial charge >= 0.3 is 0 Å². The molecule has 0 aliphatic rings. The van der Waals surface area contributed by atoms with Crippen LogP contribution in [0.5, 0.6) is 0 Å². The number of furan rings is 1. The van der Waals surface area contributed by atoms with Crippen molar-refractivity contribution in [3.8, 4) is 22.3 Å². The van der Waals surface area contributed by atoms with Crippen molar-refractivity contribution in [3.63, 3.8) is 0 Å². The second-order valence-corrected chi connectivity index (χ2v) is 13.6. The van der Waals surface area contributed by atoms with E-state index in [1.54, 1.807) is 0 Å². The van der Waals surface area contributed by atoms with E-state index in [0.29, 0.717) is 0 Å². The summed E-state index contributed by atoms with van der Waals surface area (Å²) in [6.45, 7) is 0. The summed E-state index contributed by atoms with van der Waals surface area (Å²) in [5.74, 6) is 0. The van der Waals surface area contributed by atoms with Crippen LogP contribution >= 0.6 is 0 Å². The molecule has 0 aliphatic heterocycles. The maximum atomic E-state index is 7.15. The van der Waals surface area contributed by atoms with Gasteiger partial charge in [0.15, 0.2) is 0 Å². The number of rotatable bonds is 2. The molecule has 0 bridgehead atoms. The van der Waals surface area contributed by atoms with Gasteiger partial charge in [-0.2, -0.15) is 0 Å². The molecule has 49 heavy (non-hydrogen) atoms. The molecular weight excluding hydrogens is 593 g/mol. The Balaban J connectivity index is 1.25. The molecule has 0 saturated heterocycles. The summed E-state index contributed by atoms with van der Waals surface area (Å²) in [4.78, 5) is 0. The first-order valence-corrected chi connectivity index (χ1v) is 17.0. The molecule has 0 aliphatic carbocycles. The zero-order valence-electron chi connectivity index (χ0n) is 26.4. The highest BCUT2D eigenvalue weighted by Crippen LogP contribution is 2.49. The first-order chi connectivity index (χ1) is 24.3. The lowest BCUT2D eigenvalue weighted by Gasteiger charge is -2.17. The lowest BCUT2D eigenvalue weighted by molar-refractivity contribution is 0.674. The van der Waals surface area contributed by atoms with Crippen LogP contribution in [-0.2, 0) is 0 Å². The Morgan fingerprint density at radius 1 is 0.245 bits per heavy atom. The van der Waals surface area contributed by atoms with Gasteiger partial charge in [-0.25, -0.2) is 0 Å². The lowest BCUT2D eigenvalue weighted by atomic mass is 9.86. The van der Waals surface area contributed by atoms with Crippen LogP contribution in [0.15, 0.2) is 162 Å². The van der Waals surface area contributed by atoms with Crippen LogP contribution in [0.2, 0.25) is 0 Å². The third-order valence-electron chi connectivity index (χ3n) is 11.1. The molecule has 0 radical (unpaired) electrons. The predicted molar refractivity (Wildman–Crippen MR) is 210 cm³/mol. The van der Waals surface area contributed by atoms with Gasteiger partial charge in [-0.1, -0.05) is 140 Å². The Bertz CT molecular complexity index is 3310. The number of hydrogen-bond acceptors (Lipinski definition) is 1. The molecule has 11 aromatic carbocycles. The van der Waals surface area contributed by atoms with E-state index in [4.69, 9.17) is 4.42 Å². The van der Waals surface area contributed by atoms with Crippen molar-refractivity contribution in [1.29, 1.82) is 0 Å². The smallest absolute Gasteiger partial charge is 0.143 e. The normalized spacial score (nSPS) is 12.5. The van der Waals surface area contributed by atoms with E-state index >= 15 is 0 Å². The zero-order chi connectivity index (χ0) is 31.8. The fourth-order valence-corrected chi connectivity index (χ4v) is 9.00. The number of hydrogen-bond donors (Lipinski definition) is 0. The van der Waals surface area contributed by atoms with Crippen molar-refractivity contribution >= 4 is 97.3 Å². The average Bonchev–Trinajstić information content (AvgIpc) is 3.56. The first kappa shape index (κ1) is 25.6. The number of benzene rings is 11. The Morgan fingerprint density at radius 3 is 1.53 bits per heavy atom. The molecular formula is C48H26O. The average molecular weight is 619 g/mol. The molecule has 12 aromatic rings. The minimum Gasteiger partial charge on any atom is -0.455 e. The highest BCUT2D eigenvalue weighted by molar-refractivity contribution is 6.31. The van der Waals surface area contributed by atoms with Gasteiger partial charge in [0.05, 0.1) is 0 Å². The van der Waals surface area contributed by atoms with Crippen molar-refractivity contribution < 1.29 is 4.42 Å². The molecule has 1 heterocycles. The molecule has 0 unspecified atom stereocenters. The van der Waals surface area contributed by atoms with E-state index in [1.807, 2.05) is 0 Å². The molecule has 0 atom stereocenters. The molecule has 0 fully saturated rings. The van der Waals surface area contributed by atoms with Crippen LogP contribution in [0.25, 0.3) is 120 Å². The van der Waals surface area contributed by atoms with Crippen LogP contribution in [-0.4, -0.2) is 0 Å². The summed E-state index contributed by atoms with van der Waals surface area (Å²) in [6.07, 6.45) is 0. The van der Waals surface area contributed by atoms with Gasteiger partial charge in [-0.3, -0.25) is 0 Å². The van der Waals surface area contributed by atoms with Crippen molar-refractivity contribution in [3.05, 3.63) is 158 Å². The van der Waals surface area contributed by atoms with E-state index in [2.05, 4.69) is 158 Å². The van der Waals surface area contributed by atoms with E-state index in [1.165, 1.54) is 92.1 Å². The van der Waals surface area contributed by atoms with E-state index in [9.17, 15) is 0 Å². The summed E-state index contributed by atoms with van der Waals surface area (Å²) >= 11 is 0. The van der Waals surface area contributed by atoms with Gasteiger partial charge < -0.3 is 4.42 Å². The molecule has 0 amide bonds. The Kier molecular flexibility index (Phi) is 4.77. The SMILES string of the molecule is c1ccc2c(c1)ccc1c2oc2c(-c3ccc4ccc5cccc6ccc3c4c56)ccc(-c3cc4cccc5ccc6cccc3c6c54)c21. The molecule has 12 rings (SSSR count). The maximum Gasteiger partial charge on any atom is 0.143 e. The quantitative estimate of drug-likeness (QED) is 0.176. The van der Waals surface area contributed by atoms with Crippen LogP contribution < -0.4 is 0 Å². The number of fused-ring (bicyclic) bond motifs is 5. The van der Waals surface area contributed by atoms with Crippen molar-refractivity contribution in [2.45, 2.75) is 0 Å². The highest BCUT2D eigenvalue weighted by atomic mass is 16.3. The fraction of sp³-hybridized carbons (Fsp3) is 0. The first-order valence-electron chi connectivity index (χ1n) is 17.0. The molecule has 0 N–H and O–H groups in total. The molecule has 1 nitrogen and oxygen atoms in total. The van der Waals surface area contributed by atoms with Crippen molar-refractivity contribution in [2.75, 3.05) is 0 Å². The van der Waals surface area contributed by atoms with Crippen molar-refractivity contribution in [2.24, 2.45) is 0 Å². The molecule has 1 heteroatoms. The van der Waals surface area contributed by atoms with E-state index < -0.39 is 0 Å². The monoisotopic (exact) mass is 618 g/mol. The Morgan fingerprint density at radius 2 is 0.735 bits per heavy atom. The predicted octanol–water partition coefficient (Wildman–Crippen LogP) is 13.9. The summed E-state index contributed by atoms with van der Waals surface area (Å²) in [7, 11) is 0. The lowest BCUT2D eigenvalue weighted by Crippen LogP contribution is -1.90. The van der Waals surface area contributed by atoms with E-state index in [-0.39, 0.29) is 0 Å². The molecule has 224 valence electrons. The maximum absolute atomic E-state index is 7.15. The standard InChI is InChI=1S/C48H26O/c1-2-12-34-27(6-1)18-23-40-46-38(41-26-33-11-4-9-29-14-16-31-10-5-13-36(41)44(31)43(29)33)24-25-39(48(46)49-47(34)40)35-21-19-32-17-15-28-7-3-8-30-20-22-37(35)45(32)42(28)30/h1-26H. The largest absolute Gasteiger partial charge is 0.455 e. The summed E-state index contributed by atoms with van der Waals surface area (Å²) in [5.41, 5.74) is 6.62. The van der Waals surface area contributed by atoms with E-state index in [0.717, 1.165) is 27.5 Å². The van der Waals surface area contributed by atoms with Gasteiger partial charge in [-0.05, 0) is 105 Å². The molecule has 0 spiro atoms. The molecule has 1 aromatic heterocycles. The summed E-state index contributed by atoms with van der Waals surface area (Å²) in [6, 6.07) is 58.3. The van der Waals surface area contributed by atoms with Crippen LogP contribution in [0.1, 0.15) is 0 Å². The third kappa shape index (κ3) is 3.29. The minimum absolute atomic E-state index is 0.934. The second-order valence-electron chi connectivity index (χ2n) is 13.6. The van der Waals surface area contributed by atoms with Gasteiger partial charge in [0.25, 0.3) is 0 Å². The van der Waals surface area contributed by atoms with Gasteiger partial charge in [0.1, 0.15) is 11.2 Å². The van der Waals surface area contributed by atoms with Crippen LogP contribution in [0, 0.1) is 0 Å². The van der Waals surface area contributed by atoms with Gasteiger partial charge in [0.2, 0.25) is 0 Å². The van der Waals surface area contributed by atoms with Crippen LogP contribution in [0.4, 0.5) is 0 Å². The van der Waals surface area contributed by atoms with Gasteiger partial charge in [0, 0.05) is 21.7 Å². The second kappa shape index (κ2) is 9.13. The minimum atomic E-state index is 0.934. The summed E-state index contributed by atoms with van der Waals surface area (Å²) < 4.78 is 7.15. The molecule has 0 saturated carbocycles. The fourth-order valence-electron chi connectivity index (χ4n) is 9.00. The van der Waals surface area contributed by atoms with Crippen LogP contribution in [0.3, 0.4) is 0 Å². The Hall–Kier alpha value is -6.44. The van der Waals surface area contributed by atoms with Gasteiger partial charge in [-0.15, -0.1) is 0 Å². The summed E-state index contributed by atoms with van der Waals surface area (Å²) in [5, 5.41) is 20.1. The topological polar surface area (TPSA) is 13.1 Å².